The lowest BCUT2D eigenvalue weighted by molar-refractivity contribution is -0.143. The number of carbonyl (C=O) groups is 1. The molecule has 1 saturated carbocycles. The lowest BCUT2D eigenvalue weighted by Crippen LogP contribution is -2.22. The van der Waals surface area contributed by atoms with Crippen LogP contribution in [0.1, 0.15) is 31.4 Å². The molecule has 4 nitrogen and oxygen atoms in total. The Hall–Kier alpha value is -1.32. The van der Waals surface area contributed by atoms with Crippen molar-refractivity contribution in [2.75, 3.05) is 0 Å². The van der Waals surface area contributed by atoms with Crippen molar-refractivity contribution >= 4 is 5.97 Å². The molecular weight excluding hydrogens is 204 g/mol. The molecule has 1 aromatic heterocycles. The zero-order chi connectivity index (χ0) is 11.5. The molecule has 16 heavy (non-hydrogen) atoms. The van der Waals surface area contributed by atoms with Crippen LogP contribution in [0.3, 0.4) is 0 Å². The molecule has 1 fully saturated rings. The lowest BCUT2D eigenvalue weighted by atomic mass is 9.80. The first-order valence-electron chi connectivity index (χ1n) is 5.85. The van der Waals surface area contributed by atoms with Crippen LogP contribution in [0.15, 0.2) is 12.5 Å². The third kappa shape index (κ3) is 2.43. The molecule has 0 aliphatic heterocycles. The number of aromatic nitrogens is 2. The molecule has 1 aliphatic rings. The van der Waals surface area contributed by atoms with E-state index in [0.29, 0.717) is 5.92 Å². The van der Waals surface area contributed by atoms with Crippen LogP contribution in [0.2, 0.25) is 0 Å². The highest BCUT2D eigenvalue weighted by Gasteiger charge is 2.26. The monoisotopic (exact) mass is 222 g/mol. The maximum atomic E-state index is 10.8. The summed E-state index contributed by atoms with van der Waals surface area (Å²) in [7, 11) is 2.01. The van der Waals surface area contributed by atoms with Crippen LogP contribution in [0.5, 0.6) is 0 Å². The molecule has 1 aromatic rings. The van der Waals surface area contributed by atoms with E-state index in [1.54, 1.807) is 0 Å². The Labute approximate surface area is 95.3 Å². The first-order chi connectivity index (χ1) is 7.66. The van der Waals surface area contributed by atoms with Gasteiger partial charge in [-0.25, -0.2) is 4.98 Å². The number of imidazole rings is 1. The van der Waals surface area contributed by atoms with Crippen molar-refractivity contribution in [1.82, 2.24) is 9.55 Å². The second-order valence-corrected chi connectivity index (χ2v) is 4.76. The van der Waals surface area contributed by atoms with E-state index in [9.17, 15) is 4.79 Å². The SMILES string of the molecule is Cn1cncc1C[C@H]1CC[C@H](C(=O)O)CC1. The number of rotatable bonds is 3. The fraction of sp³-hybridized carbons (Fsp3) is 0.667. The molecule has 4 heteroatoms. The topological polar surface area (TPSA) is 55.1 Å². The molecule has 0 unspecified atom stereocenters. The van der Waals surface area contributed by atoms with Crippen LogP contribution in [-0.4, -0.2) is 20.6 Å². The number of aliphatic carboxylic acids is 1. The number of aryl methyl sites for hydroxylation is 1. The Kier molecular flexibility index (Phi) is 3.27. The summed E-state index contributed by atoms with van der Waals surface area (Å²) in [6.07, 6.45) is 8.48. The van der Waals surface area contributed by atoms with Crippen molar-refractivity contribution in [2.45, 2.75) is 32.1 Å². The van der Waals surface area contributed by atoms with Crippen molar-refractivity contribution in [1.29, 1.82) is 0 Å². The molecule has 2 rings (SSSR count). The van der Waals surface area contributed by atoms with E-state index in [1.807, 2.05) is 24.1 Å². The predicted molar refractivity (Wildman–Crippen MR) is 60.0 cm³/mol. The molecule has 0 amide bonds. The normalized spacial score (nSPS) is 25.6. The lowest BCUT2D eigenvalue weighted by Gasteiger charge is -2.25. The highest BCUT2D eigenvalue weighted by molar-refractivity contribution is 5.69. The molecule has 1 aliphatic carbocycles. The zero-order valence-electron chi connectivity index (χ0n) is 9.59. The Morgan fingerprint density at radius 1 is 1.50 bits per heavy atom. The van der Waals surface area contributed by atoms with Crippen LogP contribution < -0.4 is 0 Å². The molecule has 1 N–H and O–H groups in total. The number of hydrogen-bond acceptors (Lipinski definition) is 2. The second kappa shape index (κ2) is 4.68. The van der Waals surface area contributed by atoms with Gasteiger partial charge in [-0.2, -0.15) is 0 Å². The Morgan fingerprint density at radius 3 is 2.69 bits per heavy atom. The van der Waals surface area contributed by atoms with Gasteiger partial charge >= 0.3 is 5.97 Å². The predicted octanol–water partition coefficient (Wildman–Crippen LogP) is 1.85. The van der Waals surface area contributed by atoms with Crippen molar-refractivity contribution in [3.05, 3.63) is 18.2 Å². The van der Waals surface area contributed by atoms with E-state index >= 15 is 0 Å². The zero-order valence-corrected chi connectivity index (χ0v) is 9.59. The minimum Gasteiger partial charge on any atom is -0.481 e. The van der Waals surface area contributed by atoms with Crippen LogP contribution in [0.25, 0.3) is 0 Å². The first-order valence-corrected chi connectivity index (χ1v) is 5.85. The van der Waals surface area contributed by atoms with Gasteiger partial charge in [-0.1, -0.05) is 0 Å². The number of carboxylic acids is 1. The fourth-order valence-corrected chi connectivity index (χ4v) is 2.49. The molecule has 0 spiro atoms. The van der Waals surface area contributed by atoms with Gasteiger partial charge < -0.3 is 9.67 Å². The number of nitrogens with zero attached hydrogens (tertiary/aromatic N) is 2. The average Bonchev–Trinajstić information content (AvgIpc) is 2.65. The molecule has 0 saturated heterocycles. The second-order valence-electron chi connectivity index (χ2n) is 4.76. The summed E-state index contributed by atoms with van der Waals surface area (Å²) in [6, 6.07) is 0. The van der Waals surface area contributed by atoms with E-state index in [2.05, 4.69) is 4.98 Å². The van der Waals surface area contributed by atoms with E-state index < -0.39 is 5.97 Å². The smallest absolute Gasteiger partial charge is 0.306 e. The molecule has 1 heterocycles. The van der Waals surface area contributed by atoms with E-state index in [1.165, 1.54) is 5.69 Å². The minimum absolute atomic E-state index is 0.109. The standard InChI is InChI=1S/C12H18N2O2/c1-14-8-13-7-11(14)6-9-2-4-10(5-3-9)12(15)16/h7-10H,2-6H2,1H3,(H,15,16)/t9-,10-. The summed E-state index contributed by atoms with van der Waals surface area (Å²) in [5, 5.41) is 8.91. The molecule has 0 radical (unpaired) electrons. The van der Waals surface area contributed by atoms with Gasteiger partial charge in [-0.3, -0.25) is 4.79 Å². The van der Waals surface area contributed by atoms with Crippen molar-refractivity contribution in [2.24, 2.45) is 18.9 Å². The summed E-state index contributed by atoms with van der Waals surface area (Å²) < 4.78 is 2.04. The van der Waals surface area contributed by atoms with Gasteiger partial charge in [0.05, 0.1) is 12.2 Å². The van der Waals surface area contributed by atoms with Crippen LogP contribution >= 0.6 is 0 Å². The Morgan fingerprint density at radius 2 is 2.19 bits per heavy atom. The summed E-state index contributed by atoms with van der Waals surface area (Å²) in [6.45, 7) is 0. The van der Waals surface area contributed by atoms with Crippen molar-refractivity contribution < 1.29 is 9.90 Å². The fourth-order valence-electron chi connectivity index (χ4n) is 2.49. The van der Waals surface area contributed by atoms with Gasteiger partial charge in [-0.05, 0) is 38.0 Å². The molecule has 0 atom stereocenters. The first kappa shape index (κ1) is 11.2. The maximum Gasteiger partial charge on any atom is 0.306 e. The van der Waals surface area contributed by atoms with Gasteiger partial charge in [-0.15, -0.1) is 0 Å². The highest BCUT2D eigenvalue weighted by Crippen LogP contribution is 2.30. The summed E-state index contributed by atoms with van der Waals surface area (Å²) in [4.78, 5) is 14.9. The Bertz CT molecular complexity index is 365. The largest absolute Gasteiger partial charge is 0.481 e. The third-order valence-corrected chi connectivity index (χ3v) is 3.61. The molecule has 88 valence electrons. The summed E-state index contributed by atoms with van der Waals surface area (Å²) in [5.74, 6) is -0.104. The van der Waals surface area contributed by atoms with Gasteiger partial charge in [0.2, 0.25) is 0 Å². The molecular formula is C12H18N2O2. The van der Waals surface area contributed by atoms with Crippen molar-refractivity contribution in [3.63, 3.8) is 0 Å². The van der Waals surface area contributed by atoms with E-state index in [-0.39, 0.29) is 5.92 Å². The summed E-state index contributed by atoms with van der Waals surface area (Å²) in [5.41, 5.74) is 1.25. The van der Waals surface area contributed by atoms with Crippen LogP contribution in [0.4, 0.5) is 0 Å². The average molecular weight is 222 g/mol. The Balaban J connectivity index is 1.86. The van der Waals surface area contributed by atoms with E-state index in [0.717, 1.165) is 32.1 Å². The maximum absolute atomic E-state index is 10.8. The molecule has 0 aromatic carbocycles. The highest BCUT2D eigenvalue weighted by atomic mass is 16.4. The number of carboxylic acid groups (broad SMARTS) is 1. The van der Waals surface area contributed by atoms with Gasteiger partial charge in [0.15, 0.2) is 0 Å². The molecule has 0 bridgehead atoms. The van der Waals surface area contributed by atoms with Crippen molar-refractivity contribution in [3.8, 4) is 0 Å². The summed E-state index contributed by atoms with van der Waals surface area (Å²) >= 11 is 0. The van der Waals surface area contributed by atoms with E-state index in [4.69, 9.17) is 5.11 Å². The van der Waals surface area contributed by atoms with Gasteiger partial charge in [0, 0.05) is 18.9 Å². The van der Waals surface area contributed by atoms with Gasteiger partial charge in [0.25, 0.3) is 0 Å². The number of hydrogen-bond donors (Lipinski definition) is 1. The quantitative estimate of drug-likeness (QED) is 0.849. The van der Waals surface area contributed by atoms with Gasteiger partial charge in [0.1, 0.15) is 0 Å². The van der Waals surface area contributed by atoms with Crippen LogP contribution in [-0.2, 0) is 18.3 Å². The third-order valence-electron chi connectivity index (χ3n) is 3.61. The minimum atomic E-state index is -0.626. The van der Waals surface area contributed by atoms with Crippen LogP contribution in [0, 0.1) is 11.8 Å².